The van der Waals surface area contributed by atoms with Crippen LogP contribution in [0.1, 0.15) is 59.8 Å². The minimum Gasteiger partial charge on any atom is -0.481 e. The number of carbonyl (C=O) groups is 1. The van der Waals surface area contributed by atoms with Crippen LogP contribution in [-0.4, -0.2) is 11.1 Å². The van der Waals surface area contributed by atoms with Gasteiger partial charge >= 0.3 is 5.97 Å². The van der Waals surface area contributed by atoms with Gasteiger partial charge in [0.05, 0.1) is 0 Å². The SMILES string of the molecule is CC1C(CCCC(=O)O)C(C)(C)CC[C@@H]1C. The molecular weight excluding hydrogens is 200 g/mol. The first-order valence-electron chi connectivity index (χ1n) is 6.56. The first-order chi connectivity index (χ1) is 7.34. The minimum atomic E-state index is -0.658. The van der Waals surface area contributed by atoms with E-state index in [-0.39, 0.29) is 0 Å². The highest BCUT2D eigenvalue weighted by atomic mass is 16.4. The Morgan fingerprint density at radius 1 is 1.38 bits per heavy atom. The van der Waals surface area contributed by atoms with Crippen LogP contribution in [0.4, 0.5) is 0 Å². The third-order valence-corrected chi connectivity index (χ3v) is 4.69. The Labute approximate surface area is 99.4 Å². The van der Waals surface area contributed by atoms with E-state index in [1.54, 1.807) is 0 Å². The van der Waals surface area contributed by atoms with Crippen molar-refractivity contribution in [2.24, 2.45) is 23.2 Å². The van der Waals surface area contributed by atoms with E-state index in [0.29, 0.717) is 17.8 Å². The largest absolute Gasteiger partial charge is 0.481 e. The van der Waals surface area contributed by atoms with Gasteiger partial charge in [-0.2, -0.15) is 0 Å². The normalized spacial score (nSPS) is 33.6. The van der Waals surface area contributed by atoms with Gasteiger partial charge in [0, 0.05) is 6.42 Å². The van der Waals surface area contributed by atoms with Gasteiger partial charge in [0.15, 0.2) is 0 Å². The molecule has 0 aromatic rings. The summed E-state index contributed by atoms with van der Waals surface area (Å²) in [5.74, 6) is 1.56. The molecule has 1 aliphatic rings. The van der Waals surface area contributed by atoms with Crippen molar-refractivity contribution in [2.45, 2.75) is 59.8 Å². The van der Waals surface area contributed by atoms with Gasteiger partial charge in [0.1, 0.15) is 0 Å². The quantitative estimate of drug-likeness (QED) is 0.788. The summed E-state index contributed by atoms with van der Waals surface area (Å²) < 4.78 is 0. The summed E-state index contributed by atoms with van der Waals surface area (Å²) in [6.07, 6.45) is 4.85. The van der Waals surface area contributed by atoms with Crippen LogP contribution in [0.5, 0.6) is 0 Å². The maximum atomic E-state index is 10.5. The second-order valence-corrected chi connectivity index (χ2v) is 6.26. The number of hydrogen-bond acceptors (Lipinski definition) is 1. The Kier molecular flexibility index (Phi) is 4.40. The lowest BCUT2D eigenvalue weighted by atomic mass is 9.59. The predicted octanol–water partition coefficient (Wildman–Crippen LogP) is 3.95. The molecule has 1 N–H and O–H groups in total. The van der Waals surface area contributed by atoms with Crippen LogP contribution in [0.25, 0.3) is 0 Å². The van der Waals surface area contributed by atoms with Gasteiger partial charge < -0.3 is 5.11 Å². The van der Waals surface area contributed by atoms with Crippen LogP contribution in [0.15, 0.2) is 0 Å². The Hall–Kier alpha value is -0.530. The highest BCUT2D eigenvalue weighted by Gasteiger charge is 2.39. The molecule has 0 heterocycles. The fraction of sp³-hybridized carbons (Fsp3) is 0.929. The second-order valence-electron chi connectivity index (χ2n) is 6.26. The molecule has 0 aliphatic heterocycles. The molecule has 1 rings (SSSR count). The average molecular weight is 226 g/mol. The molecule has 2 heteroatoms. The highest BCUT2D eigenvalue weighted by Crippen LogP contribution is 2.48. The van der Waals surface area contributed by atoms with Crippen molar-refractivity contribution in [1.29, 1.82) is 0 Å². The van der Waals surface area contributed by atoms with Crippen molar-refractivity contribution in [1.82, 2.24) is 0 Å². The number of rotatable bonds is 4. The molecule has 0 bridgehead atoms. The van der Waals surface area contributed by atoms with Gasteiger partial charge in [0.2, 0.25) is 0 Å². The fourth-order valence-corrected chi connectivity index (χ4v) is 3.28. The molecule has 0 radical (unpaired) electrons. The lowest BCUT2D eigenvalue weighted by Crippen LogP contribution is -2.37. The molecule has 16 heavy (non-hydrogen) atoms. The first kappa shape index (κ1) is 13.5. The van der Waals surface area contributed by atoms with Gasteiger partial charge in [-0.1, -0.05) is 27.7 Å². The zero-order chi connectivity index (χ0) is 12.3. The number of carboxylic acid groups (broad SMARTS) is 1. The predicted molar refractivity (Wildman–Crippen MR) is 66.3 cm³/mol. The van der Waals surface area contributed by atoms with Crippen molar-refractivity contribution < 1.29 is 9.90 Å². The van der Waals surface area contributed by atoms with Crippen molar-refractivity contribution in [3.8, 4) is 0 Å². The monoisotopic (exact) mass is 226 g/mol. The zero-order valence-electron chi connectivity index (χ0n) is 11.1. The summed E-state index contributed by atoms with van der Waals surface area (Å²) in [5, 5.41) is 8.69. The molecule has 0 saturated heterocycles. The topological polar surface area (TPSA) is 37.3 Å². The van der Waals surface area contributed by atoms with Gasteiger partial charge in [-0.3, -0.25) is 4.79 Å². The molecule has 94 valence electrons. The molecule has 3 atom stereocenters. The van der Waals surface area contributed by atoms with Crippen LogP contribution >= 0.6 is 0 Å². The van der Waals surface area contributed by atoms with E-state index >= 15 is 0 Å². The van der Waals surface area contributed by atoms with Crippen LogP contribution in [-0.2, 0) is 4.79 Å². The lowest BCUT2D eigenvalue weighted by Gasteiger charge is -2.46. The van der Waals surface area contributed by atoms with Gasteiger partial charge in [-0.05, 0) is 48.9 Å². The molecule has 2 unspecified atom stereocenters. The first-order valence-corrected chi connectivity index (χ1v) is 6.56. The van der Waals surface area contributed by atoms with E-state index in [9.17, 15) is 4.79 Å². The standard InChI is InChI=1S/C14H26O2/c1-10-8-9-14(3,4)12(11(10)2)6-5-7-13(15)16/h10-12H,5-9H2,1-4H3,(H,15,16)/t10-,11?,12?/m0/s1. The molecule has 1 fully saturated rings. The second kappa shape index (κ2) is 5.20. The molecule has 2 nitrogen and oxygen atoms in total. The summed E-state index contributed by atoms with van der Waals surface area (Å²) in [6.45, 7) is 9.38. The molecule has 0 amide bonds. The lowest BCUT2D eigenvalue weighted by molar-refractivity contribution is -0.137. The molecule has 0 spiro atoms. The number of hydrogen-bond donors (Lipinski definition) is 1. The van der Waals surface area contributed by atoms with Gasteiger partial charge in [-0.15, -0.1) is 0 Å². The smallest absolute Gasteiger partial charge is 0.303 e. The van der Waals surface area contributed by atoms with Gasteiger partial charge in [0.25, 0.3) is 0 Å². The van der Waals surface area contributed by atoms with Crippen LogP contribution < -0.4 is 0 Å². The minimum absolute atomic E-state index is 0.327. The molecule has 1 saturated carbocycles. The van der Waals surface area contributed by atoms with E-state index in [1.165, 1.54) is 12.8 Å². The van der Waals surface area contributed by atoms with Crippen molar-refractivity contribution >= 4 is 5.97 Å². The number of aliphatic carboxylic acids is 1. The molecule has 0 aromatic carbocycles. The van der Waals surface area contributed by atoms with Crippen LogP contribution in [0.2, 0.25) is 0 Å². The van der Waals surface area contributed by atoms with Crippen molar-refractivity contribution in [3.05, 3.63) is 0 Å². The van der Waals surface area contributed by atoms with E-state index in [2.05, 4.69) is 27.7 Å². The van der Waals surface area contributed by atoms with Crippen molar-refractivity contribution in [2.75, 3.05) is 0 Å². The summed E-state index contributed by atoms with van der Waals surface area (Å²) in [4.78, 5) is 10.5. The van der Waals surface area contributed by atoms with Crippen molar-refractivity contribution in [3.63, 3.8) is 0 Å². The van der Waals surface area contributed by atoms with Crippen LogP contribution in [0.3, 0.4) is 0 Å². The Bertz CT molecular complexity index is 245. The maximum absolute atomic E-state index is 10.5. The van der Waals surface area contributed by atoms with E-state index in [1.807, 2.05) is 0 Å². The molecule has 0 aromatic heterocycles. The average Bonchev–Trinajstić information content (AvgIpc) is 2.17. The third-order valence-electron chi connectivity index (χ3n) is 4.69. The Morgan fingerprint density at radius 2 is 2.00 bits per heavy atom. The number of carboxylic acids is 1. The fourth-order valence-electron chi connectivity index (χ4n) is 3.28. The molecule has 1 aliphatic carbocycles. The zero-order valence-corrected chi connectivity index (χ0v) is 11.1. The van der Waals surface area contributed by atoms with E-state index < -0.39 is 5.97 Å². The summed E-state index contributed by atoms with van der Waals surface area (Å²) in [6, 6.07) is 0. The maximum Gasteiger partial charge on any atom is 0.303 e. The Balaban J connectivity index is 2.54. The van der Waals surface area contributed by atoms with Crippen LogP contribution in [0, 0.1) is 23.2 Å². The summed E-state index contributed by atoms with van der Waals surface area (Å²) >= 11 is 0. The summed E-state index contributed by atoms with van der Waals surface area (Å²) in [7, 11) is 0. The van der Waals surface area contributed by atoms with Gasteiger partial charge in [-0.25, -0.2) is 0 Å². The Morgan fingerprint density at radius 3 is 2.56 bits per heavy atom. The van der Waals surface area contributed by atoms with E-state index in [0.717, 1.165) is 24.7 Å². The highest BCUT2D eigenvalue weighted by molar-refractivity contribution is 5.66. The van der Waals surface area contributed by atoms with E-state index in [4.69, 9.17) is 5.11 Å². The summed E-state index contributed by atoms with van der Waals surface area (Å²) in [5.41, 5.74) is 0.393. The molecular formula is C14H26O2. The third kappa shape index (κ3) is 3.23.